The topological polar surface area (TPSA) is 119 Å². The standard InChI is InChI=1S/C17H18FN3O6S/c1-3-20(11-17(22)19-12-5-4-6-13(9-12)27-2)28(25,26)14-7-8-15(18)16(10-14)21(23)24/h4-10H,3,11H2,1-2H3,(H,19,22). The van der Waals surface area contributed by atoms with Gasteiger partial charge in [-0.25, -0.2) is 8.42 Å². The van der Waals surface area contributed by atoms with E-state index in [4.69, 9.17) is 4.74 Å². The molecule has 0 radical (unpaired) electrons. The van der Waals surface area contributed by atoms with Crippen LogP contribution in [-0.2, 0) is 14.8 Å². The van der Waals surface area contributed by atoms with Crippen molar-refractivity contribution in [3.63, 3.8) is 0 Å². The second-order valence-corrected chi connectivity index (χ2v) is 7.52. The summed E-state index contributed by atoms with van der Waals surface area (Å²) in [5.74, 6) is -1.26. The molecule has 1 amide bonds. The summed E-state index contributed by atoms with van der Waals surface area (Å²) in [6, 6.07) is 8.75. The molecular formula is C17H18FN3O6S. The summed E-state index contributed by atoms with van der Waals surface area (Å²) in [6.45, 7) is 0.911. The molecule has 9 nitrogen and oxygen atoms in total. The van der Waals surface area contributed by atoms with Crippen molar-refractivity contribution in [3.8, 4) is 5.75 Å². The van der Waals surface area contributed by atoms with E-state index >= 15 is 0 Å². The molecule has 0 spiro atoms. The number of hydrogen-bond donors (Lipinski definition) is 1. The molecule has 0 saturated carbocycles. The lowest BCUT2D eigenvalue weighted by Crippen LogP contribution is -2.37. The van der Waals surface area contributed by atoms with Gasteiger partial charge in [0.2, 0.25) is 21.7 Å². The summed E-state index contributed by atoms with van der Waals surface area (Å²) in [4.78, 5) is 21.6. The molecular weight excluding hydrogens is 393 g/mol. The van der Waals surface area contributed by atoms with Gasteiger partial charge in [0.25, 0.3) is 0 Å². The van der Waals surface area contributed by atoms with Gasteiger partial charge < -0.3 is 10.1 Å². The fourth-order valence-corrected chi connectivity index (χ4v) is 3.80. The number of rotatable bonds is 8. The van der Waals surface area contributed by atoms with Crippen LogP contribution in [0.4, 0.5) is 15.8 Å². The van der Waals surface area contributed by atoms with Gasteiger partial charge in [0.1, 0.15) is 5.75 Å². The molecule has 0 saturated heterocycles. The Hall–Kier alpha value is -3.05. The summed E-state index contributed by atoms with van der Waals surface area (Å²) in [6.07, 6.45) is 0. The van der Waals surface area contributed by atoms with Crippen molar-refractivity contribution in [1.82, 2.24) is 4.31 Å². The maximum Gasteiger partial charge on any atom is 0.306 e. The van der Waals surface area contributed by atoms with Crippen molar-refractivity contribution in [2.24, 2.45) is 0 Å². The second-order valence-electron chi connectivity index (χ2n) is 5.58. The number of nitrogens with one attached hydrogen (secondary N) is 1. The fraction of sp³-hybridized carbons (Fsp3) is 0.235. The van der Waals surface area contributed by atoms with E-state index in [1.165, 1.54) is 14.0 Å². The van der Waals surface area contributed by atoms with Crippen LogP contribution < -0.4 is 10.1 Å². The molecule has 0 aliphatic carbocycles. The molecule has 2 aromatic rings. The third-order valence-corrected chi connectivity index (χ3v) is 5.70. The number of likely N-dealkylation sites (N-methyl/N-ethyl adjacent to an activating group) is 1. The van der Waals surface area contributed by atoms with Gasteiger partial charge in [-0.2, -0.15) is 8.70 Å². The predicted molar refractivity (Wildman–Crippen MR) is 99.1 cm³/mol. The number of sulfonamides is 1. The Labute approximate surface area is 160 Å². The first-order valence-corrected chi connectivity index (χ1v) is 9.51. The molecule has 0 aliphatic heterocycles. The maximum atomic E-state index is 13.5. The molecule has 0 unspecified atom stereocenters. The number of benzene rings is 2. The SMILES string of the molecule is CCN(CC(=O)Nc1cccc(OC)c1)S(=O)(=O)c1ccc(F)c([N+](=O)[O-])c1. The first-order valence-electron chi connectivity index (χ1n) is 8.07. The summed E-state index contributed by atoms with van der Waals surface area (Å²) in [5.41, 5.74) is -0.548. The van der Waals surface area contributed by atoms with Crippen LogP contribution in [0.5, 0.6) is 5.75 Å². The van der Waals surface area contributed by atoms with E-state index in [1.807, 2.05) is 0 Å². The first kappa shape index (κ1) is 21.3. The minimum atomic E-state index is -4.25. The van der Waals surface area contributed by atoms with Crippen molar-refractivity contribution < 1.29 is 27.3 Å². The lowest BCUT2D eigenvalue weighted by Gasteiger charge is -2.20. The van der Waals surface area contributed by atoms with Gasteiger partial charge in [0, 0.05) is 24.4 Å². The number of carbonyl (C=O) groups excluding carboxylic acids is 1. The van der Waals surface area contributed by atoms with Crippen LogP contribution in [0, 0.1) is 15.9 Å². The number of nitrogens with zero attached hydrogens (tertiary/aromatic N) is 2. The lowest BCUT2D eigenvalue weighted by molar-refractivity contribution is -0.387. The Morgan fingerprint density at radius 3 is 2.61 bits per heavy atom. The smallest absolute Gasteiger partial charge is 0.306 e. The summed E-state index contributed by atoms with van der Waals surface area (Å²) in [5, 5.41) is 13.4. The van der Waals surface area contributed by atoms with Gasteiger partial charge in [0.15, 0.2) is 0 Å². The van der Waals surface area contributed by atoms with Crippen LogP contribution in [0.15, 0.2) is 47.4 Å². The Bertz CT molecular complexity index is 996. The zero-order chi connectivity index (χ0) is 20.9. The molecule has 150 valence electrons. The number of halogens is 1. The molecule has 1 N–H and O–H groups in total. The predicted octanol–water partition coefficient (Wildman–Crippen LogP) is 2.39. The summed E-state index contributed by atoms with van der Waals surface area (Å²) < 4.78 is 44.8. The molecule has 2 aromatic carbocycles. The summed E-state index contributed by atoms with van der Waals surface area (Å²) >= 11 is 0. The van der Waals surface area contributed by atoms with Crippen molar-refractivity contribution in [2.75, 3.05) is 25.5 Å². The Morgan fingerprint density at radius 2 is 2.00 bits per heavy atom. The van der Waals surface area contributed by atoms with Crippen LogP contribution in [0.1, 0.15) is 6.92 Å². The number of nitro benzene ring substituents is 1. The molecule has 0 aromatic heterocycles. The zero-order valence-electron chi connectivity index (χ0n) is 15.1. The van der Waals surface area contributed by atoms with Gasteiger partial charge >= 0.3 is 5.69 Å². The number of anilines is 1. The number of ether oxygens (including phenoxy) is 1. The van der Waals surface area contributed by atoms with E-state index in [0.29, 0.717) is 23.6 Å². The molecule has 0 fully saturated rings. The van der Waals surface area contributed by atoms with Gasteiger partial charge in [-0.1, -0.05) is 13.0 Å². The third kappa shape index (κ3) is 4.81. The van der Waals surface area contributed by atoms with Crippen LogP contribution in [0.25, 0.3) is 0 Å². The van der Waals surface area contributed by atoms with E-state index < -0.39 is 43.8 Å². The molecule has 11 heteroatoms. The highest BCUT2D eigenvalue weighted by atomic mass is 32.2. The van der Waals surface area contributed by atoms with Gasteiger partial charge in [-0.15, -0.1) is 0 Å². The number of amides is 1. The molecule has 0 atom stereocenters. The first-order chi connectivity index (χ1) is 13.2. The molecule has 2 rings (SSSR count). The van der Waals surface area contributed by atoms with E-state index in [1.54, 1.807) is 24.3 Å². The average Bonchev–Trinajstić information content (AvgIpc) is 2.66. The van der Waals surface area contributed by atoms with Crippen molar-refractivity contribution in [2.45, 2.75) is 11.8 Å². The lowest BCUT2D eigenvalue weighted by atomic mass is 10.3. The Morgan fingerprint density at radius 1 is 1.29 bits per heavy atom. The van der Waals surface area contributed by atoms with E-state index in [9.17, 15) is 27.7 Å². The number of nitro groups is 1. The normalized spacial score (nSPS) is 11.3. The fourth-order valence-electron chi connectivity index (χ4n) is 2.37. The molecule has 28 heavy (non-hydrogen) atoms. The van der Waals surface area contributed by atoms with E-state index in [2.05, 4.69) is 5.32 Å². The van der Waals surface area contributed by atoms with Crippen LogP contribution >= 0.6 is 0 Å². The van der Waals surface area contributed by atoms with Crippen molar-refractivity contribution >= 4 is 27.3 Å². The maximum absolute atomic E-state index is 13.5. The minimum Gasteiger partial charge on any atom is -0.497 e. The summed E-state index contributed by atoms with van der Waals surface area (Å²) in [7, 11) is -2.78. The van der Waals surface area contributed by atoms with Gasteiger partial charge in [0.05, 0.1) is 23.5 Å². The van der Waals surface area contributed by atoms with Gasteiger partial charge in [-0.05, 0) is 24.3 Å². The quantitative estimate of drug-likeness (QED) is 0.526. The number of carbonyl (C=O) groups is 1. The van der Waals surface area contributed by atoms with E-state index in [-0.39, 0.29) is 6.54 Å². The highest BCUT2D eigenvalue weighted by molar-refractivity contribution is 7.89. The number of methoxy groups -OCH3 is 1. The van der Waals surface area contributed by atoms with Crippen molar-refractivity contribution in [3.05, 3.63) is 58.4 Å². The largest absolute Gasteiger partial charge is 0.497 e. The molecule has 0 heterocycles. The minimum absolute atomic E-state index is 0.0704. The Balaban J connectivity index is 2.22. The second kappa shape index (κ2) is 8.76. The van der Waals surface area contributed by atoms with Crippen molar-refractivity contribution in [1.29, 1.82) is 0 Å². The van der Waals surface area contributed by atoms with E-state index in [0.717, 1.165) is 10.4 Å². The van der Waals surface area contributed by atoms with Crippen LogP contribution in [0.2, 0.25) is 0 Å². The average molecular weight is 411 g/mol. The zero-order valence-corrected chi connectivity index (χ0v) is 15.9. The van der Waals surface area contributed by atoms with Crippen LogP contribution in [-0.4, -0.2) is 43.8 Å². The molecule has 0 bridgehead atoms. The monoisotopic (exact) mass is 411 g/mol. The third-order valence-electron chi connectivity index (χ3n) is 3.78. The van der Waals surface area contributed by atoms with Crippen LogP contribution in [0.3, 0.4) is 0 Å². The highest BCUT2D eigenvalue weighted by Gasteiger charge is 2.28. The number of hydrogen-bond acceptors (Lipinski definition) is 6. The van der Waals surface area contributed by atoms with Gasteiger partial charge in [-0.3, -0.25) is 14.9 Å². The molecule has 0 aliphatic rings. The Kier molecular flexibility index (Phi) is 6.65. The highest BCUT2D eigenvalue weighted by Crippen LogP contribution is 2.24.